The minimum absolute atomic E-state index is 0.228. The summed E-state index contributed by atoms with van der Waals surface area (Å²) in [4.78, 5) is 27.6. The number of fused-ring (bicyclic) bond motifs is 2. The zero-order valence-corrected chi connectivity index (χ0v) is 27.1. The Labute approximate surface area is 280 Å². The molecule has 2 aliphatic carbocycles. The lowest BCUT2D eigenvalue weighted by Crippen LogP contribution is -1.99. The highest BCUT2D eigenvalue weighted by Crippen LogP contribution is 2.37. The van der Waals surface area contributed by atoms with E-state index in [0.29, 0.717) is 11.1 Å². The van der Waals surface area contributed by atoms with Gasteiger partial charge in [-0.2, -0.15) is 0 Å². The molecule has 9 rings (SSSR count). The average Bonchev–Trinajstić information content (AvgIpc) is 4.03. The molecule has 0 radical (unpaired) electrons. The van der Waals surface area contributed by atoms with Crippen LogP contribution in [0.25, 0.3) is 45.2 Å². The van der Waals surface area contributed by atoms with E-state index in [1.807, 2.05) is 47.7 Å². The minimum Gasteiger partial charge on any atom is -0.303 e. The Morgan fingerprint density at radius 3 is 1.94 bits per heavy atom. The van der Waals surface area contributed by atoms with Gasteiger partial charge in [0, 0.05) is 48.3 Å². The van der Waals surface area contributed by atoms with Gasteiger partial charge in [0.15, 0.2) is 16.5 Å². The third-order valence-corrected chi connectivity index (χ3v) is 9.30. The fourth-order valence-corrected chi connectivity index (χ4v) is 6.22. The van der Waals surface area contributed by atoms with Gasteiger partial charge in [-0.05, 0) is 111 Å². The second-order valence-electron chi connectivity index (χ2n) is 12.3. The Kier molecular flexibility index (Phi) is 8.13. The zero-order valence-electron chi connectivity index (χ0n) is 26.3. The molecule has 5 aromatic heterocycles. The number of nitrogens with zero attached hydrogens (tertiary/aromatic N) is 8. The van der Waals surface area contributed by atoms with Gasteiger partial charge in [-0.1, -0.05) is 11.8 Å². The summed E-state index contributed by atoms with van der Waals surface area (Å²) in [5.41, 5.74) is 8.88. The highest BCUT2D eigenvalue weighted by molar-refractivity contribution is 7.98. The van der Waals surface area contributed by atoms with E-state index in [2.05, 4.69) is 29.3 Å². The molecule has 0 bridgehead atoms. The summed E-state index contributed by atoms with van der Waals surface area (Å²) in [7, 11) is 0. The number of aromatic nitrogens is 8. The quantitative estimate of drug-likeness (QED) is 0.120. The van der Waals surface area contributed by atoms with E-state index in [4.69, 9.17) is 4.98 Å². The molecule has 0 spiro atoms. The molecule has 7 aromatic rings. The molecule has 0 unspecified atom stereocenters. The maximum atomic E-state index is 13.5. The first-order chi connectivity index (χ1) is 23.5. The Hall–Kier alpha value is -5.03. The van der Waals surface area contributed by atoms with Crippen LogP contribution in [0.2, 0.25) is 0 Å². The van der Waals surface area contributed by atoms with Crippen molar-refractivity contribution in [3.8, 4) is 33.9 Å². The summed E-state index contributed by atoms with van der Waals surface area (Å²) in [6.45, 7) is 0. The molecule has 0 amide bonds. The number of imidazole rings is 2. The van der Waals surface area contributed by atoms with E-state index < -0.39 is 0 Å². The maximum Gasteiger partial charge on any atom is 0.187 e. The van der Waals surface area contributed by atoms with E-state index in [1.165, 1.54) is 61.7 Å². The van der Waals surface area contributed by atoms with Crippen molar-refractivity contribution >= 4 is 23.1 Å². The topological polar surface area (TPSA) is 86.2 Å². The summed E-state index contributed by atoms with van der Waals surface area (Å²) in [6.07, 6.45) is 20.2. The molecule has 2 fully saturated rings. The molecule has 8 nitrogen and oxygen atoms in total. The number of benzene rings is 2. The molecule has 240 valence electrons. The van der Waals surface area contributed by atoms with E-state index in [9.17, 15) is 8.78 Å². The summed E-state index contributed by atoms with van der Waals surface area (Å²) in [6, 6.07) is 14.7. The molecule has 2 aromatic carbocycles. The van der Waals surface area contributed by atoms with E-state index in [0.717, 1.165) is 75.3 Å². The number of hydrogen-bond donors (Lipinski definition) is 0. The second-order valence-corrected chi connectivity index (χ2v) is 13.1. The molecule has 0 saturated heterocycles. The summed E-state index contributed by atoms with van der Waals surface area (Å²) in [5, 5.41) is 0.699. The summed E-state index contributed by atoms with van der Waals surface area (Å²) >= 11 is 1.50. The van der Waals surface area contributed by atoms with Crippen LogP contribution in [-0.4, -0.2) is 45.0 Å². The molecule has 0 N–H and O–H groups in total. The molecule has 2 aliphatic rings. The normalized spacial score (nSPS) is 14.3. The lowest BCUT2D eigenvalue weighted by atomic mass is 10.1. The standard InChI is InChI=1S/C21H18FN5S.C16H14FN3/c1-28-21-24-9-8-16(25-21)19-18(14-4-6-15(22)7-5-14)26-20-17(12-13-2-3-13)23-10-11-27(19)20;17-13-5-3-12(4-6-13)15-10-20-8-7-18-14(16(20)19-15)9-11-1-2-11/h4-11,13H,2-3,12H2,1H3;3-8,10-11H,1-2,9H2. The van der Waals surface area contributed by atoms with Crippen molar-refractivity contribution in [3.63, 3.8) is 0 Å². The Morgan fingerprint density at radius 1 is 0.667 bits per heavy atom. The van der Waals surface area contributed by atoms with Gasteiger partial charge >= 0.3 is 0 Å². The van der Waals surface area contributed by atoms with E-state index in [1.54, 1.807) is 30.5 Å². The fraction of sp³-hybridized carbons (Fsp3) is 0.243. The lowest BCUT2D eigenvalue weighted by Gasteiger charge is -2.07. The maximum absolute atomic E-state index is 13.5. The monoisotopic (exact) mass is 658 g/mol. The molecule has 11 heteroatoms. The zero-order chi connectivity index (χ0) is 32.6. The van der Waals surface area contributed by atoms with Crippen LogP contribution in [0.4, 0.5) is 8.78 Å². The Morgan fingerprint density at radius 2 is 1.29 bits per heavy atom. The largest absolute Gasteiger partial charge is 0.303 e. The van der Waals surface area contributed by atoms with Crippen molar-refractivity contribution in [2.45, 2.75) is 43.7 Å². The van der Waals surface area contributed by atoms with Gasteiger partial charge in [0.05, 0.1) is 34.2 Å². The number of rotatable bonds is 8. The van der Waals surface area contributed by atoms with Gasteiger partial charge in [-0.15, -0.1) is 0 Å². The van der Waals surface area contributed by atoms with Crippen molar-refractivity contribution in [2.75, 3.05) is 6.26 Å². The van der Waals surface area contributed by atoms with Crippen LogP contribution in [0.3, 0.4) is 0 Å². The number of halogens is 2. The Balaban J connectivity index is 0.000000148. The van der Waals surface area contributed by atoms with Crippen molar-refractivity contribution in [1.29, 1.82) is 0 Å². The predicted octanol–water partition coefficient (Wildman–Crippen LogP) is 8.15. The molecular formula is C37H32F2N8S. The van der Waals surface area contributed by atoms with Crippen LogP contribution in [-0.2, 0) is 12.8 Å². The summed E-state index contributed by atoms with van der Waals surface area (Å²) in [5.74, 6) is 0.986. The van der Waals surface area contributed by atoms with Crippen molar-refractivity contribution in [2.24, 2.45) is 11.8 Å². The van der Waals surface area contributed by atoms with Crippen LogP contribution in [0.5, 0.6) is 0 Å². The van der Waals surface area contributed by atoms with Gasteiger partial charge in [0.25, 0.3) is 0 Å². The highest BCUT2D eigenvalue weighted by Gasteiger charge is 2.26. The van der Waals surface area contributed by atoms with Crippen LogP contribution in [0.15, 0.2) is 96.9 Å². The summed E-state index contributed by atoms with van der Waals surface area (Å²) < 4.78 is 30.5. The first-order valence-corrected chi connectivity index (χ1v) is 17.3. The van der Waals surface area contributed by atoms with Crippen LogP contribution in [0.1, 0.15) is 37.1 Å². The van der Waals surface area contributed by atoms with Crippen LogP contribution >= 0.6 is 11.8 Å². The second kappa shape index (κ2) is 12.9. The molecule has 0 aliphatic heterocycles. The third kappa shape index (κ3) is 6.42. The predicted molar refractivity (Wildman–Crippen MR) is 182 cm³/mol. The third-order valence-electron chi connectivity index (χ3n) is 8.74. The Bertz CT molecular complexity index is 2220. The fourth-order valence-electron chi connectivity index (χ4n) is 5.87. The van der Waals surface area contributed by atoms with Gasteiger partial charge < -0.3 is 4.40 Å². The first-order valence-electron chi connectivity index (χ1n) is 16.1. The molecule has 0 atom stereocenters. The number of thioether (sulfide) groups is 1. The molecule has 5 heterocycles. The van der Waals surface area contributed by atoms with Crippen molar-refractivity contribution in [1.82, 2.24) is 38.7 Å². The molecule has 2 saturated carbocycles. The van der Waals surface area contributed by atoms with E-state index in [-0.39, 0.29) is 11.6 Å². The van der Waals surface area contributed by atoms with Gasteiger partial charge in [-0.3, -0.25) is 14.4 Å². The van der Waals surface area contributed by atoms with Gasteiger partial charge in [0.2, 0.25) is 0 Å². The van der Waals surface area contributed by atoms with Gasteiger partial charge in [-0.25, -0.2) is 28.7 Å². The first kappa shape index (κ1) is 30.3. The van der Waals surface area contributed by atoms with E-state index >= 15 is 0 Å². The van der Waals surface area contributed by atoms with Crippen molar-refractivity contribution in [3.05, 3.63) is 115 Å². The SMILES string of the molecule is CSc1nccc(-c2c(-c3ccc(F)cc3)nc3c(CC4CC4)nccn23)n1.Fc1ccc(-c2cn3ccnc(CC4CC4)c3n2)cc1. The lowest BCUT2D eigenvalue weighted by molar-refractivity contribution is 0.627. The average molecular weight is 659 g/mol. The van der Waals surface area contributed by atoms with Crippen LogP contribution < -0.4 is 0 Å². The smallest absolute Gasteiger partial charge is 0.187 e. The number of hydrogen-bond acceptors (Lipinski definition) is 7. The minimum atomic E-state index is -0.267. The highest BCUT2D eigenvalue weighted by atomic mass is 32.2. The van der Waals surface area contributed by atoms with Crippen LogP contribution in [0, 0.1) is 23.5 Å². The molecular weight excluding hydrogens is 627 g/mol. The van der Waals surface area contributed by atoms with Crippen molar-refractivity contribution < 1.29 is 8.78 Å². The molecule has 48 heavy (non-hydrogen) atoms. The van der Waals surface area contributed by atoms with Gasteiger partial charge in [0.1, 0.15) is 11.6 Å².